The predicted octanol–water partition coefficient (Wildman–Crippen LogP) is 0.191. The highest BCUT2D eigenvalue weighted by molar-refractivity contribution is 5.81. The van der Waals surface area contributed by atoms with Crippen LogP contribution < -0.4 is 5.32 Å². The number of nitrogens with one attached hydrogen (secondary N) is 1. The van der Waals surface area contributed by atoms with E-state index in [1.807, 2.05) is 0 Å². The topological polar surface area (TPSA) is 47.9 Å². The van der Waals surface area contributed by atoms with Crippen LogP contribution in [0.25, 0.3) is 0 Å². The molecule has 1 aliphatic heterocycles. The maximum atomic E-state index is 12.3. The molecule has 4 nitrogen and oxygen atoms in total. The van der Waals surface area contributed by atoms with Crippen molar-refractivity contribution in [2.24, 2.45) is 4.99 Å². The summed E-state index contributed by atoms with van der Waals surface area (Å²) in [5.41, 5.74) is -2.74. The fourth-order valence-electron chi connectivity index (χ4n) is 1.07. The number of aliphatic hydroxyl groups is 1. The predicted molar refractivity (Wildman–Crippen MR) is 49.6 cm³/mol. The molecule has 2 N–H and O–H groups in total. The number of hydrogen-bond acceptors (Lipinski definition) is 4. The zero-order valence-corrected chi connectivity index (χ0v) is 8.60. The summed E-state index contributed by atoms with van der Waals surface area (Å²) in [6.07, 6.45) is -4.64. The Labute approximate surface area is 85.8 Å². The van der Waals surface area contributed by atoms with Gasteiger partial charge in [-0.05, 0) is 6.92 Å². The SMILES string of the molecule is CN1CCN=C1NCC(C)(O)C(F)(F)F. The maximum Gasteiger partial charge on any atom is 0.418 e. The molecule has 15 heavy (non-hydrogen) atoms. The van der Waals surface area contributed by atoms with Crippen LogP contribution in [0.15, 0.2) is 4.99 Å². The molecule has 1 rings (SSSR count). The molecule has 1 heterocycles. The Kier molecular flexibility index (Phi) is 3.13. The Morgan fingerprint density at radius 2 is 2.13 bits per heavy atom. The second kappa shape index (κ2) is 3.88. The first-order valence-electron chi connectivity index (χ1n) is 4.52. The summed E-state index contributed by atoms with van der Waals surface area (Å²) in [6, 6.07) is 0. The molecule has 0 radical (unpaired) electrons. The van der Waals surface area contributed by atoms with Crippen LogP contribution in [0.4, 0.5) is 13.2 Å². The van der Waals surface area contributed by atoms with Crippen LogP contribution in [0.2, 0.25) is 0 Å². The number of nitrogens with zero attached hydrogens (tertiary/aromatic N) is 2. The fraction of sp³-hybridized carbons (Fsp3) is 0.875. The Hall–Kier alpha value is -0.980. The first-order valence-corrected chi connectivity index (χ1v) is 4.52. The van der Waals surface area contributed by atoms with E-state index in [2.05, 4.69) is 10.3 Å². The van der Waals surface area contributed by atoms with Crippen LogP contribution in [-0.2, 0) is 0 Å². The number of rotatable bonds is 2. The van der Waals surface area contributed by atoms with Gasteiger partial charge in [0.1, 0.15) is 0 Å². The number of halogens is 3. The van der Waals surface area contributed by atoms with Crippen molar-refractivity contribution in [2.45, 2.75) is 18.7 Å². The van der Waals surface area contributed by atoms with Crippen molar-refractivity contribution in [2.75, 3.05) is 26.7 Å². The Balaban J connectivity index is 2.50. The Morgan fingerprint density at radius 3 is 2.53 bits per heavy atom. The third kappa shape index (κ3) is 2.74. The van der Waals surface area contributed by atoms with E-state index in [-0.39, 0.29) is 0 Å². The second-order valence-corrected chi connectivity index (χ2v) is 3.75. The van der Waals surface area contributed by atoms with Crippen molar-refractivity contribution in [3.05, 3.63) is 0 Å². The molecule has 0 aromatic heterocycles. The quantitative estimate of drug-likeness (QED) is 0.705. The molecule has 1 atom stereocenters. The van der Waals surface area contributed by atoms with E-state index in [1.165, 1.54) is 0 Å². The van der Waals surface area contributed by atoms with E-state index >= 15 is 0 Å². The molecule has 0 aliphatic carbocycles. The minimum atomic E-state index is -4.64. The average Bonchev–Trinajstić information content (AvgIpc) is 2.46. The molecule has 88 valence electrons. The summed E-state index contributed by atoms with van der Waals surface area (Å²) in [6.45, 7) is 1.37. The van der Waals surface area contributed by atoms with Gasteiger partial charge in [0, 0.05) is 13.6 Å². The lowest BCUT2D eigenvalue weighted by atomic mass is 10.1. The fourth-order valence-corrected chi connectivity index (χ4v) is 1.07. The van der Waals surface area contributed by atoms with Gasteiger partial charge in [-0.3, -0.25) is 4.99 Å². The molecule has 0 amide bonds. The highest BCUT2D eigenvalue weighted by atomic mass is 19.4. The monoisotopic (exact) mass is 225 g/mol. The summed E-state index contributed by atoms with van der Waals surface area (Å²) in [5.74, 6) is 0.388. The van der Waals surface area contributed by atoms with Gasteiger partial charge in [0.2, 0.25) is 0 Å². The highest BCUT2D eigenvalue weighted by Crippen LogP contribution is 2.29. The van der Waals surface area contributed by atoms with Gasteiger partial charge in [-0.25, -0.2) is 0 Å². The second-order valence-electron chi connectivity index (χ2n) is 3.75. The molecule has 1 aliphatic rings. The number of guanidine groups is 1. The third-order valence-electron chi connectivity index (χ3n) is 2.26. The van der Waals surface area contributed by atoms with Gasteiger partial charge in [0.25, 0.3) is 0 Å². The molecule has 0 saturated carbocycles. The summed E-state index contributed by atoms with van der Waals surface area (Å²) in [7, 11) is 1.72. The van der Waals surface area contributed by atoms with Gasteiger partial charge in [-0.2, -0.15) is 13.2 Å². The zero-order chi connectivity index (χ0) is 11.7. The average molecular weight is 225 g/mol. The van der Waals surface area contributed by atoms with Crippen LogP contribution in [0, 0.1) is 0 Å². The summed E-state index contributed by atoms with van der Waals surface area (Å²) >= 11 is 0. The van der Waals surface area contributed by atoms with Crippen LogP contribution in [0.3, 0.4) is 0 Å². The van der Waals surface area contributed by atoms with Gasteiger partial charge in [-0.15, -0.1) is 0 Å². The lowest BCUT2D eigenvalue weighted by Crippen LogP contribution is -2.52. The van der Waals surface area contributed by atoms with Crippen molar-refractivity contribution >= 4 is 5.96 Å². The molecule has 7 heteroatoms. The molecule has 1 unspecified atom stereocenters. The van der Waals surface area contributed by atoms with E-state index in [4.69, 9.17) is 5.11 Å². The maximum absolute atomic E-state index is 12.3. The van der Waals surface area contributed by atoms with Crippen LogP contribution in [-0.4, -0.2) is 54.4 Å². The third-order valence-corrected chi connectivity index (χ3v) is 2.26. The van der Waals surface area contributed by atoms with Crippen molar-refractivity contribution in [3.8, 4) is 0 Å². The normalized spacial score (nSPS) is 21.2. The lowest BCUT2D eigenvalue weighted by molar-refractivity contribution is -0.249. The van der Waals surface area contributed by atoms with Gasteiger partial charge < -0.3 is 15.3 Å². The van der Waals surface area contributed by atoms with Gasteiger partial charge in [0.05, 0.1) is 13.1 Å². The zero-order valence-electron chi connectivity index (χ0n) is 8.60. The van der Waals surface area contributed by atoms with Gasteiger partial charge >= 0.3 is 6.18 Å². The molecule has 0 spiro atoms. The minimum absolute atomic E-state index is 0.388. The molecule has 0 aromatic rings. The van der Waals surface area contributed by atoms with Gasteiger partial charge in [0.15, 0.2) is 11.6 Å². The number of hydrogen-bond donors (Lipinski definition) is 2. The Bertz CT molecular complexity index is 262. The van der Waals surface area contributed by atoms with Crippen molar-refractivity contribution in [1.82, 2.24) is 10.2 Å². The summed E-state index contributed by atoms with van der Waals surface area (Å²) < 4.78 is 36.8. The molecular weight excluding hydrogens is 211 g/mol. The number of aliphatic imine (C=N–C) groups is 1. The van der Waals surface area contributed by atoms with Crippen LogP contribution >= 0.6 is 0 Å². The largest absolute Gasteiger partial charge is 0.418 e. The van der Waals surface area contributed by atoms with E-state index < -0.39 is 18.3 Å². The first kappa shape index (κ1) is 12.1. The molecule has 0 fully saturated rings. The summed E-state index contributed by atoms with van der Waals surface area (Å²) in [4.78, 5) is 5.66. The molecule has 0 saturated heterocycles. The number of likely N-dealkylation sites (N-methyl/N-ethyl adjacent to an activating group) is 1. The van der Waals surface area contributed by atoms with Crippen molar-refractivity contribution in [3.63, 3.8) is 0 Å². The summed E-state index contributed by atoms with van der Waals surface area (Å²) in [5, 5.41) is 11.6. The Morgan fingerprint density at radius 1 is 1.53 bits per heavy atom. The first-order chi connectivity index (χ1) is 6.74. The highest BCUT2D eigenvalue weighted by Gasteiger charge is 2.49. The molecule has 0 aromatic carbocycles. The lowest BCUT2D eigenvalue weighted by Gasteiger charge is -2.27. The molecule has 0 bridgehead atoms. The standard InChI is InChI=1S/C8H14F3N3O/c1-7(15,8(9,10)11)5-13-6-12-3-4-14(6)2/h15H,3-5H2,1-2H3,(H,12,13). The van der Waals surface area contributed by atoms with Crippen molar-refractivity contribution < 1.29 is 18.3 Å². The molecular formula is C8H14F3N3O. The number of alkyl halides is 3. The van der Waals surface area contributed by atoms with Crippen molar-refractivity contribution in [1.29, 1.82) is 0 Å². The minimum Gasteiger partial charge on any atom is -0.379 e. The van der Waals surface area contributed by atoms with Gasteiger partial charge in [-0.1, -0.05) is 0 Å². The smallest absolute Gasteiger partial charge is 0.379 e. The van der Waals surface area contributed by atoms with E-state index in [1.54, 1.807) is 11.9 Å². The van der Waals surface area contributed by atoms with E-state index in [9.17, 15) is 13.2 Å². The van der Waals surface area contributed by atoms with Crippen LogP contribution in [0.1, 0.15) is 6.92 Å². The van der Waals surface area contributed by atoms with Crippen LogP contribution in [0.5, 0.6) is 0 Å². The van der Waals surface area contributed by atoms with E-state index in [0.29, 0.717) is 19.0 Å². The van der Waals surface area contributed by atoms with E-state index in [0.717, 1.165) is 6.92 Å².